The zero-order chi connectivity index (χ0) is 12.2. The van der Waals surface area contributed by atoms with Gasteiger partial charge in [-0.1, -0.05) is 5.23 Å². The van der Waals surface area contributed by atoms with Crippen LogP contribution < -0.4 is 0 Å². The monoisotopic (exact) mass is 308 g/mol. The van der Waals surface area contributed by atoms with Gasteiger partial charge < -0.3 is 9.05 Å². The Morgan fingerprint density at radius 2 is 1.38 bits per heavy atom. The molecule has 0 fully saturated rings. The first kappa shape index (κ1) is 17.5. The molecule has 10 heteroatoms. The van der Waals surface area contributed by atoms with Gasteiger partial charge in [0, 0.05) is 38.4 Å². The first-order chi connectivity index (χ1) is 7.78. The lowest BCUT2D eigenvalue weighted by Gasteiger charge is -2.23. The lowest BCUT2D eigenvalue weighted by molar-refractivity contribution is -0.241. The quantitative estimate of drug-likeness (QED) is 0.431. The van der Waals surface area contributed by atoms with E-state index in [0.717, 1.165) is 6.54 Å². The van der Waals surface area contributed by atoms with E-state index in [9.17, 15) is 0 Å². The standard InChI is InChI=1S/C6H20N2O4P4/c1-9-15-8(16-10-2)6-5-7(11-13-3)12-14-4/h13-16H,5-6H2,1-4H3. The van der Waals surface area contributed by atoms with Crippen LogP contribution in [0.2, 0.25) is 0 Å². The Kier molecular flexibility index (Phi) is 14.1. The highest BCUT2D eigenvalue weighted by Gasteiger charge is 2.10. The van der Waals surface area contributed by atoms with Gasteiger partial charge in [-0.15, -0.1) is 0 Å². The minimum Gasteiger partial charge on any atom is -0.349 e. The number of hydrogen-bond donors (Lipinski definition) is 0. The topological polar surface area (TPSA) is 43.4 Å². The van der Waals surface area contributed by atoms with Crippen LogP contribution in [0.1, 0.15) is 0 Å². The normalized spacial score (nSPS) is 14.6. The Labute approximate surface area is 105 Å². The van der Waals surface area contributed by atoms with Crippen molar-refractivity contribution < 1.29 is 18.3 Å². The van der Waals surface area contributed by atoms with Crippen LogP contribution in [0.3, 0.4) is 0 Å². The van der Waals surface area contributed by atoms with Gasteiger partial charge in [0.1, 0.15) is 0 Å². The molecule has 0 spiro atoms. The summed E-state index contributed by atoms with van der Waals surface area (Å²) in [7, 11) is 4.73. The maximum atomic E-state index is 5.33. The van der Waals surface area contributed by atoms with Crippen molar-refractivity contribution in [2.75, 3.05) is 40.6 Å². The summed E-state index contributed by atoms with van der Waals surface area (Å²) in [6.07, 6.45) is 0. The van der Waals surface area contributed by atoms with E-state index in [2.05, 4.69) is 4.44 Å². The molecule has 0 bridgehead atoms. The second-order valence-corrected chi connectivity index (χ2v) is 6.28. The molecule has 0 radical (unpaired) electrons. The fourth-order valence-electron chi connectivity index (χ4n) is 0.826. The molecule has 0 heterocycles. The molecule has 16 heavy (non-hydrogen) atoms. The Morgan fingerprint density at radius 1 is 0.875 bits per heavy atom. The summed E-state index contributed by atoms with van der Waals surface area (Å²) in [5.74, 6) is 0. The van der Waals surface area contributed by atoms with Crippen molar-refractivity contribution in [1.82, 2.24) is 9.67 Å². The number of rotatable bonds is 11. The van der Waals surface area contributed by atoms with E-state index in [1.54, 1.807) is 14.2 Å². The molecule has 0 amide bonds. The molecular weight excluding hydrogens is 288 g/mol. The Balaban J connectivity index is 3.83. The summed E-state index contributed by atoms with van der Waals surface area (Å²) >= 11 is 0. The molecule has 0 rings (SSSR count). The molecule has 6 nitrogen and oxygen atoms in total. The molecule has 0 aliphatic rings. The zero-order valence-corrected chi connectivity index (χ0v) is 13.9. The maximum Gasteiger partial charge on any atom is 0.0937 e. The molecule has 0 aromatic rings. The number of hydrogen-bond acceptors (Lipinski definition) is 6. The van der Waals surface area contributed by atoms with Crippen molar-refractivity contribution in [3.63, 3.8) is 0 Å². The van der Waals surface area contributed by atoms with E-state index in [1.165, 1.54) is 5.23 Å². The second kappa shape index (κ2) is 12.9. The summed E-state index contributed by atoms with van der Waals surface area (Å²) < 4.78 is 22.9. The molecule has 0 saturated carbocycles. The van der Waals surface area contributed by atoms with Gasteiger partial charge >= 0.3 is 0 Å². The van der Waals surface area contributed by atoms with Gasteiger partial charge in [-0.25, -0.2) is 4.44 Å². The molecule has 0 aliphatic carbocycles. The third-order valence-electron chi connectivity index (χ3n) is 1.30. The van der Waals surface area contributed by atoms with Gasteiger partial charge in [-0.05, 0) is 13.3 Å². The lowest BCUT2D eigenvalue weighted by Crippen LogP contribution is -2.25. The molecule has 4 unspecified atom stereocenters. The van der Waals surface area contributed by atoms with E-state index in [1.807, 2.05) is 13.3 Å². The highest BCUT2D eigenvalue weighted by molar-refractivity contribution is 7.46. The van der Waals surface area contributed by atoms with Crippen LogP contribution in [0.15, 0.2) is 0 Å². The molecular formula is C6H20N2O4P4. The predicted molar refractivity (Wildman–Crippen MR) is 74.7 cm³/mol. The third-order valence-corrected chi connectivity index (χ3v) is 3.87. The molecule has 0 aromatic heterocycles. The SMILES string of the molecule is COPN(CCN(OPC)OPC)POC. The average Bonchev–Trinajstić information content (AvgIpc) is 2.27. The molecule has 4 atom stereocenters. The van der Waals surface area contributed by atoms with Gasteiger partial charge in [-0.3, -0.25) is 9.25 Å². The van der Waals surface area contributed by atoms with Crippen LogP contribution in [-0.2, 0) is 18.3 Å². The van der Waals surface area contributed by atoms with Crippen molar-refractivity contribution in [2.45, 2.75) is 0 Å². The number of hydroxylamine groups is 2. The fourth-order valence-corrected chi connectivity index (χ4v) is 3.08. The zero-order valence-electron chi connectivity index (χ0n) is 9.94. The molecule has 0 saturated heterocycles. The highest BCUT2D eigenvalue weighted by Crippen LogP contribution is 2.32. The van der Waals surface area contributed by atoms with Crippen molar-refractivity contribution in [2.24, 2.45) is 0 Å². The van der Waals surface area contributed by atoms with Crippen LogP contribution in [0.4, 0.5) is 0 Å². The van der Waals surface area contributed by atoms with Crippen LogP contribution >= 0.6 is 35.5 Å². The van der Waals surface area contributed by atoms with Crippen molar-refractivity contribution in [3.05, 3.63) is 0 Å². The third kappa shape index (κ3) is 9.50. The smallest absolute Gasteiger partial charge is 0.0937 e. The van der Waals surface area contributed by atoms with Gasteiger partial charge in [0.25, 0.3) is 0 Å². The summed E-state index contributed by atoms with van der Waals surface area (Å²) in [4.78, 5) is 0. The fraction of sp³-hybridized carbons (Fsp3) is 1.00. The Morgan fingerprint density at radius 3 is 1.75 bits per heavy atom. The Hall–Kier alpha value is 1.48. The van der Waals surface area contributed by atoms with Crippen molar-refractivity contribution in [1.29, 1.82) is 0 Å². The average molecular weight is 308 g/mol. The summed E-state index contributed by atoms with van der Waals surface area (Å²) in [6.45, 7) is 5.38. The predicted octanol–water partition coefficient (Wildman–Crippen LogP) is 2.21. The van der Waals surface area contributed by atoms with E-state index in [4.69, 9.17) is 18.3 Å². The van der Waals surface area contributed by atoms with Crippen LogP contribution in [0.5, 0.6) is 0 Å². The molecule has 0 N–H and O–H groups in total. The van der Waals surface area contributed by atoms with Gasteiger partial charge in [0.2, 0.25) is 0 Å². The van der Waals surface area contributed by atoms with Gasteiger partial charge in [-0.2, -0.15) is 0 Å². The van der Waals surface area contributed by atoms with Gasteiger partial charge in [0.05, 0.1) is 24.5 Å². The van der Waals surface area contributed by atoms with Crippen LogP contribution in [-0.4, -0.2) is 50.3 Å². The molecule has 0 aliphatic heterocycles. The van der Waals surface area contributed by atoms with E-state index in [0.29, 0.717) is 42.1 Å². The van der Waals surface area contributed by atoms with Crippen molar-refractivity contribution in [3.8, 4) is 0 Å². The molecule has 0 aromatic carbocycles. The molecule has 98 valence electrons. The lowest BCUT2D eigenvalue weighted by atomic mass is 10.7. The summed E-state index contributed by atoms with van der Waals surface area (Å²) in [5, 5.41) is 1.53. The number of nitrogens with zero attached hydrogens (tertiary/aromatic N) is 2. The summed E-state index contributed by atoms with van der Waals surface area (Å²) in [6, 6.07) is 0. The second-order valence-electron chi connectivity index (χ2n) is 2.39. The Bertz CT molecular complexity index is 130. The highest BCUT2D eigenvalue weighted by atomic mass is 31.2. The first-order valence-corrected chi connectivity index (χ1v) is 9.11. The summed E-state index contributed by atoms with van der Waals surface area (Å²) in [5.41, 5.74) is 0. The van der Waals surface area contributed by atoms with Gasteiger partial charge in [0.15, 0.2) is 0 Å². The minimum absolute atomic E-state index is 0.304. The van der Waals surface area contributed by atoms with Crippen LogP contribution in [0, 0.1) is 0 Å². The first-order valence-electron chi connectivity index (χ1n) is 4.58. The van der Waals surface area contributed by atoms with Crippen LogP contribution in [0.25, 0.3) is 0 Å². The van der Waals surface area contributed by atoms with E-state index in [-0.39, 0.29) is 0 Å². The van der Waals surface area contributed by atoms with E-state index < -0.39 is 0 Å². The minimum atomic E-state index is 0.304. The largest absolute Gasteiger partial charge is 0.349 e. The van der Waals surface area contributed by atoms with Crippen molar-refractivity contribution >= 4 is 35.5 Å². The maximum absolute atomic E-state index is 5.33. The van der Waals surface area contributed by atoms with E-state index >= 15 is 0 Å².